The van der Waals surface area contributed by atoms with E-state index in [-0.39, 0.29) is 10.6 Å². The number of fused-ring (bicyclic) bond motifs is 3. The smallest absolute Gasteiger partial charge is 0.227 e. The van der Waals surface area contributed by atoms with E-state index >= 15 is 0 Å². The van der Waals surface area contributed by atoms with Crippen LogP contribution in [0.2, 0.25) is 10.6 Å². The first-order valence-corrected chi connectivity index (χ1v) is 9.13. The molecule has 0 saturated heterocycles. The second-order valence-electron chi connectivity index (χ2n) is 6.08. The Morgan fingerprint density at radius 1 is 0.630 bits per heavy atom. The number of aromatic nitrogens is 4. The van der Waals surface area contributed by atoms with Crippen LogP contribution in [0.1, 0.15) is 0 Å². The van der Waals surface area contributed by atoms with Crippen molar-refractivity contribution in [3.05, 3.63) is 83.4 Å². The number of nitrogens with zero attached hydrogens (tertiary/aromatic N) is 4. The van der Waals surface area contributed by atoms with E-state index in [0.717, 1.165) is 33.1 Å². The molecule has 6 heteroatoms. The average molecular weight is 391 g/mol. The van der Waals surface area contributed by atoms with Crippen molar-refractivity contribution in [1.29, 1.82) is 0 Å². The predicted molar refractivity (Wildman–Crippen MR) is 110 cm³/mol. The predicted octanol–water partition coefficient (Wildman–Crippen LogP) is 5.94. The van der Waals surface area contributed by atoms with Gasteiger partial charge in [0.05, 0.1) is 11.0 Å². The molecule has 0 N–H and O–H groups in total. The Hall–Kier alpha value is -2.95. The minimum absolute atomic E-state index is 0.0776. The van der Waals surface area contributed by atoms with Crippen LogP contribution in [-0.2, 0) is 0 Å². The number of hydrogen-bond acceptors (Lipinski definition) is 3. The highest BCUT2D eigenvalue weighted by Gasteiger charge is 2.17. The van der Waals surface area contributed by atoms with E-state index < -0.39 is 0 Å². The minimum atomic E-state index is 0.0776. The third-order valence-electron chi connectivity index (χ3n) is 4.53. The fourth-order valence-electron chi connectivity index (χ4n) is 3.51. The summed E-state index contributed by atoms with van der Waals surface area (Å²) in [4.78, 5) is 12.4. The molecular formula is C21H12Cl2N4. The number of para-hydroxylation sites is 2. The maximum Gasteiger partial charge on any atom is 0.227 e. The standard InChI is InChI=1S/C21H12Cl2N4/c22-20-24-19(25-21(23)26-20)15-10-6-12-17-18(15)14-9-4-5-11-16(14)27(17)13-7-2-1-3-8-13/h1-12H. The van der Waals surface area contributed by atoms with Crippen LogP contribution in [0.25, 0.3) is 38.9 Å². The third kappa shape index (κ3) is 2.65. The number of hydrogen-bond donors (Lipinski definition) is 0. The molecule has 130 valence electrons. The van der Waals surface area contributed by atoms with E-state index in [0.29, 0.717) is 5.82 Å². The van der Waals surface area contributed by atoms with Gasteiger partial charge in [-0.25, -0.2) is 0 Å². The Morgan fingerprint density at radius 2 is 1.30 bits per heavy atom. The maximum absolute atomic E-state index is 6.02. The molecule has 0 aliphatic carbocycles. The van der Waals surface area contributed by atoms with Gasteiger partial charge in [-0.15, -0.1) is 0 Å². The van der Waals surface area contributed by atoms with Crippen LogP contribution in [-0.4, -0.2) is 19.5 Å². The largest absolute Gasteiger partial charge is 0.309 e. The molecule has 0 aliphatic heterocycles. The summed E-state index contributed by atoms with van der Waals surface area (Å²) in [5.74, 6) is 0.460. The quantitative estimate of drug-likeness (QED) is 0.374. The zero-order chi connectivity index (χ0) is 18.4. The first-order chi connectivity index (χ1) is 13.2. The van der Waals surface area contributed by atoms with E-state index in [4.69, 9.17) is 23.2 Å². The Balaban J connectivity index is 1.94. The monoisotopic (exact) mass is 390 g/mol. The molecule has 0 saturated carbocycles. The highest BCUT2D eigenvalue weighted by molar-refractivity contribution is 6.31. The molecule has 0 bridgehead atoms. The summed E-state index contributed by atoms with van der Waals surface area (Å²) in [6.07, 6.45) is 0. The van der Waals surface area contributed by atoms with E-state index in [2.05, 4.69) is 49.9 Å². The molecule has 5 aromatic rings. The Labute approximate surface area is 165 Å². The molecule has 2 aromatic heterocycles. The molecule has 0 unspecified atom stereocenters. The molecule has 0 spiro atoms. The molecule has 0 aliphatic rings. The van der Waals surface area contributed by atoms with Gasteiger partial charge in [-0.3, -0.25) is 0 Å². The number of halogens is 2. The number of benzene rings is 3. The van der Waals surface area contributed by atoms with Gasteiger partial charge in [0, 0.05) is 22.0 Å². The van der Waals surface area contributed by atoms with Crippen molar-refractivity contribution in [2.75, 3.05) is 0 Å². The van der Waals surface area contributed by atoms with Crippen molar-refractivity contribution in [2.24, 2.45) is 0 Å². The molecule has 0 amide bonds. The third-order valence-corrected chi connectivity index (χ3v) is 4.87. The zero-order valence-corrected chi connectivity index (χ0v) is 15.5. The Kier molecular flexibility index (Phi) is 3.81. The van der Waals surface area contributed by atoms with Crippen LogP contribution in [0.3, 0.4) is 0 Å². The summed E-state index contributed by atoms with van der Waals surface area (Å²) >= 11 is 12.0. The van der Waals surface area contributed by atoms with Gasteiger partial charge in [0.25, 0.3) is 0 Å². The Bertz CT molecular complexity index is 1280. The lowest BCUT2D eigenvalue weighted by atomic mass is 10.1. The second-order valence-corrected chi connectivity index (χ2v) is 6.76. The van der Waals surface area contributed by atoms with Gasteiger partial charge in [-0.2, -0.15) is 15.0 Å². The van der Waals surface area contributed by atoms with Crippen molar-refractivity contribution in [3.63, 3.8) is 0 Å². The molecular weight excluding hydrogens is 379 g/mol. The molecule has 0 fully saturated rings. The summed E-state index contributed by atoms with van der Waals surface area (Å²) in [6.45, 7) is 0. The van der Waals surface area contributed by atoms with Crippen molar-refractivity contribution in [3.8, 4) is 17.1 Å². The van der Waals surface area contributed by atoms with Crippen LogP contribution in [0.15, 0.2) is 72.8 Å². The van der Waals surface area contributed by atoms with Gasteiger partial charge in [0.15, 0.2) is 5.82 Å². The molecule has 4 nitrogen and oxygen atoms in total. The molecule has 0 atom stereocenters. The van der Waals surface area contributed by atoms with Crippen LogP contribution in [0.4, 0.5) is 0 Å². The molecule has 5 rings (SSSR count). The van der Waals surface area contributed by atoms with Crippen molar-refractivity contribution >= 4 is 45.0 Å². The fraction of sp³-hybridized carbons (Fsp3) is 0. The lowest BCUT2D eigenvalue weighted by Gasteiger charge is -2.08. The highest BCUT2D eigenvalue weighted by Crippen LogP contribution is 2.37. The molecule has 2 heterocycles. The normalized spacial score (nSPS) is 11.3. The van der Waals surface area contributed by atoms with E-state index in [1.807, 2.05) is 42.5 Å². The van der Waals surface area contributed by atoms with Crippen LogP contribution in [0, 0.1) is 0 Å². The first-order valence-electron chi connectivity index (χ1n) is 8.37. The highest BCUT2D eigenvalue weighted by atomic mass is 35.5. The van der Waals surface area contributed by atoms with Gasteiger partial charge in [0.1, 0.15) is 0 Å². The second kappa shape index (κ2) is 6.34. The zero-order valence-electron chi connectivity index (χ0n) is 14.0. The summed E-state index contributed by atoms with van der Waals surface area (Å²) in [5.41, 5.74) is 4.13. The summed E-state index contributed by atoms with van der Waals surface area (Å²) in [6, 6.07) is 24.6. The molecule has 3 aromatic carbocycles. The van der Waals surface area contributed by atoms with E-state index in [9.17, 15) is 0 Å². The lowest BCUT2D eigenvalue weighted by Crippen LogP contribution is -1.95. The average Bonchev–Trinajstić information content (AvgIpc) is 3.02. The van der Waals surface area contributed by atoms with Gasteiger partial charge < -0.3 is 4.57 Å². The van der Waals surface area contributed by atoms with E-state index in [1.54, 1.807) is 0 Å². The van der Waals surface area contributed by atoms with Crippen molar-refractivity contribution < 1.29 is 0 Å². The van der Waals surface area contributed by atoms with E-state index in [1.165, 1.54) is 0 Å². The SMILES string of the molecule is Clc1nc(Cl)nc(-c2cccc3c2c2ccccc2n3-c2ccccc2)n1. The van der Waals surface area contributed by atoms with Crippen LogP contribution in [0.5, 0.6) is 0 Å². The summed E-state index contributed by atoms with van der Waals surface area (Å²) in [7, 11) is 0. The van der Waals surface area contributed by atoms with Gasteiger partial charge in [-0.05, 0) is 47.5 Å². The summed E-state index contributed by atoms with van der Waals surface area (Å²) < 4.78 is 2.23. The number of rotatable bonds is 2. The van der Waals surface area contributed by atoms with Gasteiger partial charge >= 0.3 is 0 Å². The van der Waals surface area contributed by atoms with Gasteiger partial charge in [-0.1, -0.05) is 48.5 Å². The summed E-state index contributed by atoms with van der Waals surface area (Å²) in [5, 5.41) is 2.32. The maximum atomic E-state index is 6.02. The lowest BCUT2D eigenvalue weighted by molar-refractivity contribution is 1.06. The van der Waals surface area contributed by atoms with Crippen LogP contribution >= 0.6 is 23.2 Å². The van der Waals surface area contributed by atoms with Crippen molar-refractivity contribution in [2.45, 2.75) is 0 Å². The van der Waals surface area contributed by atoms with Crippen molar-refractivity contribution in [1.82, 2.24) is 19.5 Å². The molecule has 27 heavy (non-hydrogen) atoms. The minimum Gasteiger partial charge on any atom is -0.309 e. The first kappa shape index (κ1) is 16.2. The topological polar surface area (TPSA) is 43.6 Å². The molecule has 0 radical (unpaired) electrons. The fourth-order valence-corrected chi connectivity index (χ4v) is 3.87. The van der Waals surface area contributed by atoms with Crippen LogP contribution < -0.4 is 0 Å². The Morgan fingerprint density at radius 3 is 2.07 bits per heavy atom. The van der Waals surface area contributed by atoms with Gasteiger partial charge in [0.2, 0.25) is 10.6 Å².